The third kappa shape index (κ3) is 2.88. The van der Waals surface area contributed by atoms with E-state index < -0.39 is 0 Å². The molecule has 3 rings (SSSR count). The van der Waals surface area contributed by atoms with Gasteiger partial charge in [0.15, 0.2) is 0 Å². The van der Waals surface area contributed by atoms with E-state index >= 15 is 0 Å². The lowest BCUT2D eigenvalue weighted by atomic mass is 10.1. The molecule has 0 unspecified atom stereocenters. The van der Waals surface area contributed by atoms with Gasteiger partial charge in [0.05, 0.1) is 0 Å². The number of carbonyl (C=O) groups is 1. The van der Waals surface area contributed by atoms with Crippen molar-refractivity contribution in [2.75, 3.05) is 5.32 Å². The topological polar surface area (TPSA) is 68.0 Å². The number of nitrogens with one attached hydrogen (secondary N) is 1. The molecule has 0 saturated heterocycles. The monoisotopic (exact) mass is 293 g/mol. The summed E-state index contributed by atoms with van der Waals surface area (Å²) in [6.07, 6.45) is 0. The maximum atomic E-state index is 12.2. The van der Waals surface area contributed by atoms with Crippen molar-refractivity contribution in [3.63, 3.8) is 0 Å². The number of hydrogen-bond acceptors (Lipinski definition) is 4. The molecule has 0 aliphatic rings. The number of aryl methyl sites for hydroxylation is 2. The van der Waals surface area contributed by atoms with Crippen LogP contribution >= 0.6 is 0 Å². The summed E-state index contributed by atoms with van der Waals surface area (Å²) in [7, 11) is 0. The number of rotatable bonds is 3. The maximum absolute atomic E-state index is 12.2. The van der Waals surface area contributed by atoms with Crippen LogP contribution in [0.3, 0.4) is 0 Å². The number of hydrogen-bond donors (Lipinski definition) is 1. The minimum absolute atomic E-state index is 0.133. The van der Waals surface area contributed by atoms with Crippen LogP contribution < -0.4 is 5.32 Å². The Kier molecular flexibility index (Phi) is 3.70. The van der Waals surface area contributed by atoms with Crippen molar-refractivity contribution in [2.24, 2.45) is 0 Å². The highest BCUT2D eigenvalue weighted by atomic mass is 16.5. The van der Waals surface area contributed by atoms with E-state index in [2.05, 4.69) is 15.5 Å². The Morgan fingerprint density at radius 2 is 1.86 bits per heavy atom. The van der Waals surface area contributed by atoms with Crippen LogP contribution in [0, 0.1) is 13.8 Å². The van der Waals surface area contributed by atoms with Crippen molar-refractivity contribution in [3.8, 4) is 11.4 Å². The smallest absolute Gasteiger partial charge is 0.255 e. The summed E-state index contributed by atoms with van der Waals surface area (Å²) in [6.45, 7) is 3.68. The Balaban J connectivity index is 1.82. The van der Waals surface area contributed by atoms with Crippen molar-refractivity contribution < 1.29 is 9.32 Å². The van der Waals surface area contributed by atoms with Gasteiger partial charge in [0.2, 0.25) is 11.7 Å². The van der Waals surface area contributed by atoms with Crippen LogP contribution in [0.15, 0.2) is 53.1 Å². The Labute approximate surface area is 128 Å². The van der Waals surface area contributed by atoms with E-state index in [4.69, 9.17) is 4.52 Å². The van der Waals surface area contributed by atoms with Gasteiger partial charge in [-0.15, -0.1) is 0 Å². The van der Waals surface area contributed by atoms with E-state index in [1.165, 1.54) is 0 Å². The molecule has 0 spiro atoms. The molecule has 2 aromatic carbocycles. The summed E-state index contributed by atoms with van der Waals surface area (Å²) in [5.74, 6) is 0.933. The van der Waals surface area contributed by atoms with Gasteiger partial charge in [-0.3, -0.25) is 4.79 Å². The Morgan fingerprint density at radius 3 is 2.50 bits per heavy atom. The van der Waals surface area contributed by atoms with Crippen LogP contribution in [-0.2, 0) is 0 Å². The SMILES string of the molecule is Cc1nc(-c2ccc(NC(=O)c3ccccc3)c(C)c2)no1. The van der Waals surface area contributed by atoms with Gasteiger partial charge in [0.25, 0.3) is 5.91 Å². The van der Waals surface area contributed by atoms with Crippen molar-refractivity contribution in [1.82, 2.24) is 10.1 Å². The fourth-order valence-corrected chi connectivity index (χ4v) is 2.14. The van der Waals surface area contributed by atoms with Gasteiger partial charge in [-0.2, -0.15) is 4.98 Å². The average molecular weight is 293 g/mol. The molecule has 110 valence electrons. The van der Waals surface area contributed by atoms with E-state index in [1.807, 2.05) is 43.3 Å². The van der Waals surface area contributed by atoms with Crippen LogP contribution in [0.1, 0.15) is 21.8 Å². The van der Waals surface area contributed by atoms with Crippen molar-refractivity contribution in [3.05, 3.63) is 65.5 Å². The second kappa shape index (κ2) is 5.81. The summed E-state index contributed by atoms with van der Waals surface area (Å²) in [4.78, 5) is 16.4. The highest BCUT2D eigenvalue weighted by molar-refractivity contribution is 6.04. The predicted molar refractivity (Wildman–Crippen MR) is 83.6 cm³/mol. The molecule has 0 saturated carbocycles. The molecule has 0 radical (unpaired) electrons. The molecule has 0 aliphatic heterocycles. The zero-order valence-electron chi connectivity index (χ0n) is 12.3. The fraction of sp³-hybridized carbons (Fsp3) is 0.118. The molecule has 1 heterocycles. The second-order valence-electron chi connectivity index (χ2n) is 4.99. The number of nitrogens with zero attached hydrogens (tertiary/aromatic N) is 2. The van der Waals surface area contributed by atoms with E-state index in [-0.39, 0.29) is 5.91 Å². The Morgan fingerprint density at radius 1 is 1.09 bits per heavy atom. The molecule has 0 bridgehead atoms. The Bertz CT molecular complexity index is 810. The van der Waals surface area contributed by atoms with Crippen LogP contribution in [0.4, 0.5) is 5.69 Å². The van der Waals surface area contributed by atoms with E-state index in [1.54, 1.807) is 19.1 Å². The molecule has 1 amide bonds. The highest BCUT2D eigenvalue weighted by Gasteiger charge is 2.10. The predicted octanol–water partition coefficient (Wildman–Crippen LogP) is 3.61. The lowest BCUT2D eigenvalue weighted by Gasteiger charge is -2.09. The van der Waals surface area contributed by atoms with Crippen LogP contribution in [0.2, 0.25) is 0 Å². The van der Waals surface area contributed by atoms with Gasteiger partial charge in [-0.1, -0.05) is 23.4 Å². The molecule has 0 fully saturated rings. The van der Waals surface area contributed by atoms with Gasteiger partial charge in [-0.25, -0.2) is 0 Å². The third-order valence-electron chi connectivity index (χ3n) is 3.30. The molecule has 5 heteroatoms. The number of benzene rings is 2. The first-order chi connectivity index (χ1) is 10.6. The number of anilines is 1. The average Bonchev–Trinajstić information content (AvgIpc) is 2.96. The molecule has 3 aromatic rings. The van der Waals surface area contributed by atoms with E-state index in [0.717, 1.165) is 16.8 Å². The van der Waals surface area contributed by atoms with E-state index in [9.17, 15) is 4.79 Å². The van der Waals surface area contributed by atoms with Gasteiger partial charge >= 0.3 is 0 Å². The summed E-state index contributed by atoms with van der Waals surface area (Å²) in [5, 5.41) is 6.80. The molecule has 5 nitrogen and oxygen atoms in total. The lowest BCUT2D eigenvalue weighted by molar-refractivity contribution is 0.102. The minimum atomic E-state index is -0.133. The van der Waals surface area contributed by atoms with Gasteiger partial charge in [0.1, 0.15) is 0 Å². The molecule has 1 aromatic heterocycles. The summed E-state index contributed by atoms with van der Waals surface area (Å²) in [5.41, 5.74) is 3.17. The van der Waals surface area contributed by atoms with E-state index in [0.29, 0.717) is 17.3 Å². The first-order valence-electron chi connectivity index (χ1n) is 6.91. The fourth-order valence-electron chi connectivity index (χ4n) is 2.14. The molecular weight excluding hydrogens is 278 g/mol. The van der Waals surface area contributed by atoms with Crippen LogP contribution in [0.5, 0.6) is 0 Å². The number of aromatic nitrogens is 2. The highest BCUT2D eigenvalue weighted by Crippen LogP contribution is 2.23. The lowest BCUT2D eigenvalue weighted by Crippen LogP contribution is -2.12. The molecular formula is C17H15N3O2. The number of carbonyl (C=O) groups excluding carboxylic acids is 1. The largest absolute Gasteiger partial charge is 0.339 e. The zero-order chi connectivity index (χ0) is 15.5. The summed E-state index contributed by atoms with van der Waals surface area (Å²) in [6, 6.07) is 14.7. The third-order valence-corrected chi connectivity index (χ3v) is 3.30. The van der Waals surface area contributed by atoms with Crippen molar-refractivity contribution >= 4 is 11.6 Å². The standard InChI is InChI=1S/C17H15N3O2/c1-11-10-14(16-18-12(2)22-20-16)8-9-15(11)19-17(21)13-6-4-3-5-7-13/h3-10H,1-2H3,(H,19,21). The maximum Gasteiger partial charge on any atom is 0.255 e. The summed E-state index contributed by atoms with van der Waals surface area (Å²) >= 11 is 0. The summed E-state index contributed by atoms with van der Waals surface area (Å²) < 4.78 is 4.98. The van der Waals surface area contributed by atoms with Crippen LogP contribution in [-0.4, -0.2) is 16.0 Å². The minimum Gasteiger partial charge on any atom is -0.339 e. The Hall–Kier alpha value is -2.95. The van der Waals surface area contributed by atoms with Gasteiger partial charge in [0, 0.05) is 23.7 Å². The normalized spacial score (nSPS) is 10.5. The van der Waals surface area contributed by atoms with Crippen molar-refractivity contribution in [1.29, 1.82) is 0 Å². The zero-order valence-corrected chi connectivity index (χ0v) is 12.3. The first-order valence-corrected chi connectivity index (χ1v) is 6.91. The van der Waals surface area contributed by atoms with Crippen LogP contribution in [0.25, 0.3) is 11.4 Å². The number of amides is 1. The van der Waals surface area contributed by atoms with Gasteiger partial charge < -0.3 is 9.84 Å². The molecule has 0 atom stereocenters. The first kappa shape index (κ1) is 14.0. The van der Waals surface area contributed by atoms with Gasteiger partial charge in [-0.05, 0) is 42.8 Å². The van der Waals surface area contributed by atoms with Crippen molar-refractivity contribution in [2.45, 2.75) is 13.8 Å². The second-order valence-corrected chi connectivity index (χ2v) is 4.99. The molecule has 1 N–H and O–H groups in total. The quantitative estimate of drug-likeness (QED) is 0.801. The molecule has 22 heavy (non-hydrogen) atoms. The molecule has 0 aliphatic carbocycles.